The zero-order chi connectivity index (χ0) is 21.5. The van der Waals surface area contributed by atoms with Gasteiger partial charge in [-0.3, -0.25) is 0 Å². The summed E-state index contributed by atoms with van der Waals surface area (Å²) in [5.41, 5.74) is 6.60. The predicted octanol–water partition coefficient (Wildman–Crippen LogP) is 8.15. The first-order valence-electron chi connectivity index (χ1n) is 10.7. The molecule has 0 spiro atoms. The minimum atomic E-state index is 0.778. The second-order valence-corrected chi connectivity index (χ2v) is 8.96. The van der Waals surface area contributed by atoms with E-state index in [0.29, 0.717) is 0 Å². The Morgan fingerprint density at radius 1 is 0.562 bits per heavy atom. The van der Waals surface area contributed by atoms with Crippen molar-refractivity contribution in [3.8, 4) is 33.6 Å². The Hall–Kier alpha value is -3.82. The van der Waals surface area contributed by atoms with Crippen LogP contribution in [0.2, 0.25) is 0 Å². The van der Waals surface area contributed by atoms with Gasteiger partial charge in [-0.05, 0) is 30.2 Å². The highest BCUT2D eigenvalue weighted by Gasteiger charge is 2.11. The van der Waals surface area contributed by atoms with Gasteiger partial charge in [0.1, 0.15) is 5.82 Å². The number of hydrogen-bond acceptors (Lipinski definition) is 3. The summed E-state index contributed by atoms with van der Waals surface area (Å²) >= 11 is 1.86. The van der Waals surface area contributed by atoms with Crippen molar-refractivity contribution in [2.24, 2.45) is 0 Å². The molecule has 2 aromatic heterocycles. The van der Waals surface area contributed by atoms with Crippen LogP contribution in [-0.4, -0.2) is 9.97 Å². The molecule has 2 nitrogen and oxygen atoms in total. The van der Waals surface area contributed by atoms with Crippen molar-refractivity contribution in [2.45, 2.75) is 6.92 Å². The third-order valence-electron chi connectivity index (χ3n) is 5.80. The Labute approximate surface area is 190 Å². The minimum absolute atomic E-state index is 0.778. The lowest BCUT2D eigenvalue weighted by Crippen LogP contribution is -1.94. The number of nitrogens with zero attached hydrogens (tertiary/aromatic N) is 2. The van der Waals surface area contributed by atoms with Gasteiger partial charge in [-0.2, -0.15) is 0 Å². The molecule has 0 unspecified atom stereocenters. The lowest BCUT2D eigenvalue weighted by atomic mass is 10.00. The van der Waals surface area contributed by atoms with Gasteiger partial charge in [0.05, 0.1) is 11.4 Å². The molecule has 0 bridgehead atoms. The van der Waals surface area contributed by atoms with Crippen LogP contribution in [0.4, 0.5) is 0 Å². The molecule has 0 amide bonds. The van der Waals surface area contributed by atoms with E-state index < -0.39 is 0 Å². The molecular weight excluding hydrogens is 408 g/mol. The van der Waals surface area contributed by atoms with Crippen LogP contribution in [0.25, 0.3) is 53.8 Å². The van der Waals surface area contributed by atoms with E-state index in [1.807, 2.05) is 36.5 Å². The van der Waals surface area contributed by atoms with Crippen molar-refractivity contribution in [1.82, 2.24) is 9.97 Å². The highest BCUT2D eigenvalue weighted by Crippen LogP contribution is 2.40. The summed E-state index contributed by atoms with van der Waals surface area (Å²) in [6, 6.07) is 36.3. The summed E-state index contributed by atoms with van der Waals surface area (Å²) in [5, 5.41) is 2.65. The van der Waals surface area contributed by atoms with Crippen LogP contribution in [0.1, 0.15) is 5.82 Å². The topological polar surface area (TPSA) is 25.8 Å². The van der Waals surface area contributed by atoms with Gasteiger partial charge in [0.25, 0.3) is 0 Å². The summed E-state index contributed by atoms with van der Waals surface area (Å²) in [5.74, 6) is 0.778. The van der Waals surface area contributed by atoms with E-state index in [1.54, 1.807) is 0 Å². The van der Waals surface area contributed by atoms with Crippen molar-refractivity contribution >= 4 is 31.5 Å². The number of benzene rings is 4. The van der Waals surface area contributed by atoms with Crippen molar-refractivity contribution in [3.05, 3.63) is 109 Å². The summed E-state index contributed by atoms with van der Waals surface area (Å²) in [4.78, 5) is 9.34. The highest BCUT2D eigenvalue weighted by atomic mass is 32.1. The first kappa shape index (κ1) is 18.9. The third kappa shape index (κ3) is 3.28. The van der Waals surface area contributed by atoms with Gasteiger partial charge in [-0.15, -0.1) is 11.3 Å². The predicted molar refractivity (Wildman–Crippen MR) is 136 cm³/mol. The molecule has 0 fully saturated rings. The molecule has 4 aromatic carbocycles. The Morgan fingerprint density at radius 3 is 1.97 bits per heavy atom. The fourth-order valence-electron chi connectivity index (χ4n) is 4.27. The Bertz CT molecular complexity index is 1560. The first-order valence-corrected chi connectivity index (χ1v) is 11.5. The van der Waals surface area contributed by atoms with Gasteiger partial charge >= 0.3 is 0 Å². The summed E-state index contributed by atoms with van der Waals surface area (Å²) in [6.07, 6.45) is 0. The fraction of sp³-hybridized carbons (Fsp3) is 0.0345. The van der Waals surface area contributed by atoms with Crippen LogP contribution >= 0.6 is 11.3 Å². The Kier molecular flexibility index (Phi) is 4.55. The molecule has 0 saturated carbocycles. The monoisotopic (exact) mass is 428 g/mol. The maximum Gasteiger partial charge on any atom is 0.126 e. The molecular formula is C29H20N2S. The molecule has 0 aliphatic carbocycles. The maximum absolute atomic E-state index is 4.70. The SMILES string of the molecule is Cc1nc(-c2ccccc2)cc(-c2ccc(-c3cccc4c3sc3ccccc34)cc2)n1. The van der Waals surface area contributed by atoms with Gasteiger partial charge in [-0.1, -0.05) is 91.0 Å². The normalized spacial score (nSPS) is 11.3. The van der Waals surface area contributed by atoms with Crippen molar-refractivity contribution in [3.63, 3.8) is 0 Å². The standard InChI is InChI=1S/C29H20N2S/c1-19-30-26(21-8-3-2-4-9-21)18-27(31-19)22-16-14-20(15-17-22)23-11-7-12-25-24-10-5-6-13-28(24)32-29(23)25/h2-18H,1H3. The lowest BCUT2D eigenvalue weighted by molar-refractivity contribution is 1.06. The van der Waals surface area contributed by atoms with Gasteiger partial charge in [0.15, 0.2) is 0 Å². The van der Waals surface area contributed by atoms with Gasteiger partial charge in [0, 0.05) is 31.3 Å². The molecule has 32 heavy (non-hydrogen) atoms. The average molecular weight is 429 g/mol. The molecule has 6 aromatic rings. The average Bonchev–Trinajstić information content (AvgIpc) is 3.23. The first-order chi connectivity index (χ1) is 15.8. The zero-order valence-corrected chi connectivity index (χ0v) is 18.4. The second kappa shape index (κ2) is 7.70. The van der Waals surface area contributed by atoms with Gasteiger partial charge in [-0.25, -0.2) is 9.97 Å². The number of aromatic nitrogens is 2. The number of fused-ring (bicyclic) bond motifs is 3. The van der Waals surface area contributed by atoms with Crippen LogP contribution in [0.15, 0.2) is 103 Å². The number of hydrogen-bond donors (Lipinski definition) is 0. The van der Waals surface area contributed by atoms with Crippen LogP contribution in [0.3, 0.4) is 0 Å². The van der Waals surface area contributed by atoms with Gasteiger partial charge < -0.3 is 0 Å². The van der Waals surface area contributed by atoms with Crippen LogP contribution < -0.4 is 0 Å². The van der Waals surface area contributed by atoms with Crippen molar-refractivity contribution < 1.29 is 0 Å². The molecule has 0 radical (unpaired) electrons. The highest BCUT2D eigenvalue weighted by molar-refractivity contribution is 7.26. The zero-order valence-electron chi connectivity index (χ0n) is 17.6. The fourth-order valence-corrected chi connectivity index (χ4v) is 5.51. The number of thiophene rings is 1. The third-order valence-corrected chi connectivity index (χ3v) is 7.02. The van der Waals surface area contributed by atoms with Crippen LogP contribution in [0, 0.1) is 6.92 Å². The minimum Gasteiger partial charge on any atom is -0.233 e. The van der Waals surface area contributed by atoms with Crippen molar-refractivity contribution in [1.29, 1.82) is 0 Å². The molecule has 2 heterocycles. The molecule has 0 N–H and O–H groups in total. The maximum atomic E-state index is 4.70. The summed E-state index contributed by atoms with van der Waals surface area (Å²) < 4.78 is 2.67. The molecule has 0 saturated heterocycles. The van der Waals surface area contributed by atoms with Crippen molar-refractivity contribution in [2.75, 3.05) is 0 Å². The quantitative estimate of drug-likeness (QED) is 0.284. The van der Waals surface area contributed by atoms with E-state index >= 15 is 0 Å². The number of rotatable bonds is 3. The van der Waals surface area contributed by atoms with E-state index in [-0.39, 0.29) is 0 Å². The molecule has 0 aliphatic rings. The van der Waals surface area contributed by atoms with E-state index in [2.05, 4.69) is 89.9 Å². The van der Waals surface area contributed by atoms with E-state index in [1.165, 1.54) is 31.3 Å². The van der Waals surface area contributed by atoms with Crippen LogP contribution in [-0.2, 0) is 0 Å². The molecule has 6 rings (SSSR count). The molecule has 152 valence electrons. The lowest BCUT2D eigenvalue weighted by Gasteiger charge is -2.08. The number of aryl methyl sites for hydroxylation is 1. The molecule has 0 atom stereocenters. The van der Waals surface area contributed by atoms with Crippen LogP contribution in [0.5, 0.6) is 0 Å². The Balaban J connectivity index is 1.42. The molecule has 3 heteroatoms. The smallest absolute Gasteiger partial charge is 0.126 e. The largest absolute Gasteiger partial charge is 0.233 e. The summed E-state index contributed by atoms with van der Waals surface area (Å²) in [7, 11) is 0. The van der Waals surface area contributed by atoms with E-state index in [0.717, 1.165) is 28.3 Å². The second-order valence-electron chi connectivity index (χ2n) is 7.91. The summed E-state index contributed by atoms with van der Waals surface area (Å²) in [6.45, 7) is 1.95. The Morgan fingerprint density at radius 2 is 1.19 bits per heavy atom. The van der Waals surface area contributed by atoms with Gasteiger partial charge in [0.2, 0.25) is 0 Å². The molecule has 0 aliphatic heterocycles. The van der Waals surface area contributed by atoms with E-state index in [9.17, 15) is 0 Å². The van der Waals surface area contributed by atoms with E-state index in [4.69, 9.17) is 4.98 Å².